The number of amides is 1. The fraction of sp³-hybridized carbons (Fsp3) is 0.385. The van der Waals surface area contributed by atoms with Crippen LogP contribution in [0.5, 0.6) is 0 Å². The number of nitrogens with one attached hydrogen (secondary N) is 1. The third-order valence-corrected chi connectivity index (χ3v) is 7.40. The first kappa shape index (κ1) is 21.6. The summed E-state index contributed by atoms with van der Waals surface area (Å²) in [5.41, 5.74) is 2.41. The number of thiophene rings is 1. The Balaban J connectivity index is 1.71. The smallest absolute Gasteiger partial charge is 0.341 e. The molecule has 0 saturated carbocycles. The van der Waals surface area contributed by atoms with E-state index in [0.29, 0.717) is 28.7 Å². The van der Waals surface area contributed by atoms with Crippen molar-refractivity contribution >= 4 is 39.0 Å². The van der Waals surface area contributed by atoms with Gasteiger partial charge in [-0.3, -0.25) is 4.79 Å². The van der Waals surface area contributed by atoms with Crippen LogP contribution in [-0.2, 0) is 17.6 Å². The largest absolute Gasteiger partial charge is 0.462 e. The highest BCUT2D eigenvalue weighted by Gasteiger charge is 2.34. The molecule has 1 aliphatic rings. The Labute approximate surface area is 187 Å². The van der Waals surface area contributed by atoms with Crippen LogP contribution in [-0.4, -0.2) is 18.5 Å². The lowest BCUT2D eigenvalue weighted by Gasteiger charge is -2.33. The van der Waals surface area contributed by atoms with Crippen LogP contribution in [0.15, 0.2) is 42.5 Å². The van der Waals surface area contributed by atoms with Crippen molar-refractivity contribution in [3.8, 4) is 0 Å². The second kappa shape index (κ2) is 8.46. The van der Waals surface area contributed by atoms with Gasteiger partial charge in [-0.2, -0.15) is 0 Å². The van der Waals surface area contributed by atoms with E-state index in [-0.39, 0.29) is 17.3 Å². The molecule has 1 atom stereocenters. The standard InChI is InChI=1S/C26H29NO3S/c1-5-30-25(29)22-20-14-13-17(26(2,3)4)15-21(20)31-24(22)27-23(28)19-12-8-10-16-9-6-7-11-18(16)19/h6-12,17H,5,13-15H2,1-4H3,(H,27,28). The maximum absolute atomic E-state index is 13.2. The van der Waals surface area contributed by atoms with E-state index in [2.05, 4.69) is 26.1 Å². The minimum atomic E-state index is -0.345. The number of hydrogen-bond acceptors (Lipinski definition) is 4. The Kier molecular flexibility index (Phi) is 5.89. The molecule has 5 heteroatoms. The van der Waals surface area contributed by atoms with E-state index in [9.17, 15) is 9.59 Å². The predicted octanol–water partition coefficient (Wildman–Crippen LogP) is 6.48. The van der Waals surface area contributed by atoms with Gasteiger partial charge in [0.2, 0.25) is 0 Å². The number of carbonyl (C=O) groups excluding carboxylic acids is 2. The van der Waals surface area contributed by atoms with Crippen molar-refractivity contribution in [3.05, 3.63) is 64.0 Å². The average molecular weight is 436 g/mol. The number of hydrogen-bond donors (Lipinski definition) is 1. The zero-order chi connectivity index (χ0) is 22.2. The third kappa shape index (κ3) is 4.24. The van der Waals surface area contributed by atoms with Gasteiger partial charge < -0.3 is 10.1 Å². The first-order valence-electron chi connectivity index (χ1n) is 10.9. The van der Waals surface area contributed by atoms with Gasteiger partial charge in [0.15, 0.2) is 0 Å². The molecule has 0 fully saturated rings. The van der Waals surface area contributed by atoms with E-state index in [4.69, 9.17) is 4.74 Å². The maximum Gasteiger partial charge on any atom is 0.341 e. The molecule has 0 spiro atoms. The minimum absolute atomic E-state index is 0.201. The number of esters is 1. The topological polar surface area (TPSA) is 55.4 Å². The van der Waals surface area contributed by atoms with E-state index in [1.54, 1.807) is 6.92 Å². The highest BCUT2D eigenvalue weighted by atomic mass is 32.1. The Morgan fingerprint density at radius 3 is 2.61 bits per heavy atom. The number of anilines is 1. The summed E-state index contributed by atoms with van der Waals surface area (Å²) in [6, 6.07) is 13.5. The lowest BCUT2D eigenvalue weighted by Crippen LogP contribution is -2.26. The zero-order valence-electron chi connectivity index (χ0n) is 18.6. The summed E-state index contributed by atoms with van der Waals surface area (Å²) in [6.45, 7) is 8.93. The van der Waals surface area contributed by atoms with E-state index >= 15 is 0 Å². The molecule has 4 nitrogen and oxygen atoms in total. The molecular formula is C26H29NO3S. The quantitative estimate of drug-likeness (QED) is 0.477. The van der Waals surface area contributed by atoms with Gasteiger partial charge in [-0.15, -0.1) is 11.3 Å². The fourth-order valence-electron chi connectivity index (χ4n) is 4.43. The molecule has 1 heterocycles. The van der Waals surface area contributed by atoms with Gasteiger partial charge in [0, 0.05) is 10.4 Å². The van der Waals surface area contributed by atoms with Crippen molar-refractivity contribution in [1.29, 1.82) is 0 Å². The van der Waals surface area contributed by atoms with Crippen molar-refractivity contribution < 1.29 is 14.3 Å². The van der Waals surface area contributed by atoms with Crippen molar-refractivity contribution in [2.24, 2.45) is 11.3 Å². The van der Waals surface area contributed by atoms with Crippen LogP contribution in [0, 0.1) is 11.3 Å². The first-order valence-corrected chi connectivity index (χ1v) is 11.7. The van der Waals surface area contributed by atoms with Gasteiger partial charge in [-0.1, -0.05) is 57.2 Å². The highest BCUT2D eigenvalue weighted by molar-refractivity contribution is 7.17. The molecule has 1 aromatic heterocycles. The summed E-state index contributed by atoms with van der Waals surface area (Å²) < 4.78 is 5.36. The van der Waals surface area contributed by atoms with E-state index in [1.807, 2.05) is 42.5 Å². The van der Waals surface area contributed by atoms with E-state index in [1.165, 1.54) is 16.2 Å². The fourth-order valence-corrected chi connectivity index (χ4v) is 5.74. The van der Waals surface area contributed by atoms with Crippen LogP contribution >= 0.6 is 11.3 Å². The van der Waals surface area contributed by atoms with Crippen molar-refractivity contribution in [3.63, 3.8) is 0 Å². The van der Waals surface area contributed by atoms with Crippen molar-refractivity contribution in [2.75, 3.05) is 11.9 Å². The van der Waals surface area contributed by atoms with Gasteiger partial charge in [-0.05, 0) is 59.9 Å². The average Bonchev–Trinajstić information content (AvgIpc) is 3.09. The SMILES string of the molecule is CCOC(=O)c1c(NC(=O)c2cccc3ccccc23)sc2c1CCC(C(C)(C)C)C2. The van der Waals surface area contributed by atoms with Gasteiger partial charge in [0.1, 0.15) is 5.00 Å². The first-order chi connectivity index (χ1) is 14.8. The Morgan fingerprint density at radius 2 is 1.87 bits per heavy atom. The summed E-state index contributed by atoms with van der Waals surface area (Å²) in [6.07, 6.45) is 2.81. The molecule has 2 aromatic carbocycles. The van der Waals surface area contributed by atoms with Crippen LogP contribution in [0.3, 0.4) is 0 Å². The van der Waals surface area contributed by atoms with Crippen LogP contribution < -0.4 is 5.32 Å². The minimum Gasteiger partial charge on any atom is -0.462 e. The predicted molar refractivity (Wildman–Crippen MR) is 127 cm³/mol. The molecule has 162 valence electrons. The number of rotatable bonds is 4. The second-order valence-electron chi connectivity index (χ2n) is 9.21. The lowest BCUT2D eigenvalue weighted by atomic mass is 9.72. The van der Waals surface area contributed by atoms with Crippen LogP contribution in [0.25, 0.3) is 10.8 Å². The van der Waals surface area contributed by atoms with Crippen LogP contribution in [0.4, 0.5) is 5.00 Å². The highest BCUT2D eigenvalue weighted by Crippen LogP contribution is 2.44. The number of ether oxygens (including phenoxy) is 1. The molecule has 1 aliphatic carbocycles. The van der Waals surface area contributed by atoms with Gasteiger partial charge in [-0.25, -0.2) is 4.79 Å². The molecule has 1 N–H and O–H groups in total. The second-order valence-corrected chi connectivity index (χ2v) is 10.3. The van der Waals surface area contributed by atoms with Crippen molar-refractivity contribution in [1.82, 2.24) is 0 Å². The molecule has 0 saturated heterocycles. The normalized spacial score (nSPS) is 16.1. The van der Waals surface area contributed by atoms with E-state index in [0.717, 1.165) is 35.6 Å². The lowest BCUT2D eigenvalue weighted by molar-refractivity contribution is 0.0526. The maximum atomic E-state index is 13.2. The Hall–Kier alpha value is -2.66. The monoisotopic (exact) mass is 435 g/mol. The summed E-state index contributed by atoms with van der Waals surface area (Å²) in [5.74, 6) is 0.00561. The summed E-state index contributed by atoms with van der Waals surface area (Å²) in [4.78, 5) is 27.3. The van der Waals surface area contributed by atoms with Crippen LogP contribution in [0.1, 0.15) is 65.3 Å². The molecule has 4 rings (SSSR count). The van der Waals surface area contributed by atoms with Crippen molar-refractivity contribution in [2.45, 2.75) is 47.0 Å². The molecule has 31 heavy (non-hydrogen) atoms. The summed E-state index contributed by atoms with van der Waals surface area (Å²) in [5, 5.41) is 5.57. The van der Waals surface area contributed by atoms with Gasteiger partial charge in [0.25, 0.3) is 5.91 Å². The third-order valence-electron chi connectivity index (χ3n) is 6.23. The molecule has 0 bridgehead atoms. The number of carbonyl (C=O) groups is 2. The van der Waals surface area contributed by atoms with E-state index < -0.39 is 0 Å². The Morgan fingerprint density at radius 1 is 1.13 bits per heavy atom. The number of fused-ring (bicyclic) bond motifs is 2. The molecule has 0 radical (unpaired) electrons. The number of benzene rings is 2. The molecule has 0 aliphatic heterocycles. The van der Waals surface area contributed by atoms with Crippen LogP contribution in [0.2, 0.25) is 0 Å². The summed E-state index contributed by atoms with van der Waals surface area (Å²) in [7, 11) is 0. The Bertz CT molecular complexity index is 1130. The molecule has 1 amide bonds. The van der Waals surface area contributed by atoms with Gasteiger partial charge >= 0.3 is 5.97 Å². The molecule has 1 unspecified atom stereocenters. The molecule has 3 aromatic rings. The molecular weight excluding hydrogens is 406 g/mol. The zero-order valence-corrected chi connectivity index (χ0v) is 19.4. The van der Waals surface area contributed by atoms with Gasteiger partial charge in [0.05, 0.1) is 12.2 Å². The summed E-state index contributed by atoms with van der Waals surface area (Å²) >= 11 is 1.53.